The number of morpholine rings is 1. The minimum Gasteiger partial charge on any atom is -0.378 e. The number of hydrazone groups is 1. The summed E-state index contributed by atoms with van der Waals surface area (Å²) in [7, 11) is 0. The fourth-order valence-electron chi connectivity index (χ4n) is 4.99. The minimum atomic E-state index is 0.460. The average molecular weight is 497 g/mol. The van der Waals surface area contributed by atoms with Crippen molar-refractivity contribution in [3.8, 4) is 0 Å². The summed E-state index contributed by atoms with van der Waals surface area (Å²) >= 11 is 0. The summed E-state index contributed by atoms with van der Waals surface area (Å²) in [6.45, 7) is 5.64. The van der Waals surface area contributed by atoms with Crippen LogP contribution < -0.4 is 15.2 Å². The molecule has 2 fully saturated rings. The number of benzene rings is 2. The molecule has 0 atom stereocenters. The number of para-hydroxylation sites is 1. The predicted octanol–water partition coefficient (Wildman–Crippen LogP) is 4.15. The number of hydrogen-bond donors (Lipinski definition) is 1. The number of nitrogens with zero attached hydrogens (tertiary/aromatic N) is 7. The van der Waals surface area contributed by atoms with Crippen molar-refractivity contribution < 1.29 is 4.74 Å². The smallest absolute Gasteiger partial charge is 0.250 e. The van der Waals surface area contributed by atoms with E-state index in [9.17, 15) is 0 Å². The van der Waals surface area contributed by atoms with Crippen LogP contribution in [0.3, 0.4) is 0 Å². The molecule has 0 amide bonds. The Labute approximate surface area is 216 Å². The molecule has 0 radical (unpaired) electrons. The van der Waals surface area contributed by atoms with Crippen LogP contribution in [0.15, 0.2) is 65.9 Å². The molecule has 0 unspecified atom stereocenters. The lowest BCUT2D eigenvalue weighted by Gasteiger charge is -2.30. The van der Waals surface area contributed by atoms with Crippen LogP contribution in [0.5, 0.6) is 0 Å². The largest absolute Gasteiger partial charge is 0.378 e. The van der Waals surface area contributed by atoms with Gasteiger partial charge in [-0.2, -0.15) is 20.1 Å². The number of fused-ring (bicyclic) bond motifs is 1. The van der Waals surface area contributed by atoms with Crippen molar-refractivity contribution in [2.45, 2.75) is 25.8 Å². The Kier molecular flexibility index (Phi) is 6.94. The van der Waals surface area contributed by atoms with Crippen LogP contribution in [0, 0.1) is 0 Å². The van der Waals surface area contributed by atoms with Crippen LogP contribution in [0.4, 0.5) is 17.8 Å². The zero-order valence-corrected chi connectivity index (χ0v) is 21.0. The summed E-state index contributed by atoms with van der Waals surface area (Å²) in [6.07, 6.45) is 7.57. The molecule has 37 heavy (non-hydrogen) atoms. The molecule has 0 bridgehead atoms. The Balaban J connectivity index is 1.26. The van der Waals surface area contributed by atoms with Crippen LogP contribution in [0.2, 0.25) is 0 Å². The van der Waals surface area contributed by atoms with Crippen LogP contribution in [-0.4, -0.2) is 65.1 Å². The first-order chi connectivity index (χ1) is 18.3. The first-order valence-corrected chi connectivity index (χ1v) is 13.1. The highest BCUT2D eigenvalue weighted by molar-refractivity contribution is 5.99. The number of piperidine rings is 1. The van der Waals surface area contributed by atoms with E-state index in [0.29, 0.717) is 31.1 Å². The zero-order chi connectivity index (χ0) is 24.9. The number of anilines is 3. The second-order valence-corrected chi connectivity index (χ2v) is 9.49. The van der Waals surface area contributed by atoms with E-state index in [0.717, 1.165) is 56.5 Å². The van der Waals surface area contributed by atoms with E-state index in [1.54, 1.807) is 0 Å². The third-order valence-electron chi connectivity index (χ3n) is 6.93. The highest BCUT2D eigenvalue weighted by Gasteiger charge is 2.20. The average Bonchev–Trinajstić information content (AvgIpc) is 3.31. The topological polar surface area (TPSA) is 83.7 Å². The van der Waals surface area contributed by atoms with Crippen molar-refractivity contribution in [2.24, 2.45) is 5.10 Å². The van der Waals surface area contributed by atoms with Crippen LogP contribution >= 0.6 is 0 Å². The quantitative estimate of drug-likeness (QED) is 0.304. The Morgan fingerprint density at radius 3 is 2.30 bits per heavy atom. The third kappa shape index (κ3) is 5.41. The number of hydrogen-bond acceptors (Lipinski definition) is 8. The number of ether oxygens (including phenoxy) is 1. The maximum atomic E-state index is 5.52. The Morgan fingerprint density at radius 2 is 1.51 bits per heavy atom. The summed E-state index contributed by atoms with van der Waals surface area (Å²) in [6, 6.07) is 18.9. The predicted molar refractivity (Wildman–Crippen MR) is 148 cm³/mol. The Hall–Kier alpha value is -3.98. The number of aromatic nitrogens is 4. The summed E-state index contributed by atoms with van der Waals surface area (Å²) in [5, 5.41) is 5.71. The van der Waals surface area contributed by atoms with Gasteiger partial charge in [-0.05, 0) is 30.9 Å². The molecule has 1 N–H and O–H groups in total. The first kappa shape index (κ1) is 23.4. The minimum absolute atomic E-state index is 0.460. The monoisotopic (exact) mass is 496 g/mol. The van der Waals surface area contributed by atoms with Crippen molar-refractivity contribution in [3.63, 3.8) is 0 Å². The van der Waals surface area contributed by atoms with Crippen molar-refractivity contribution in [3.05, 3.63) is 71.9 Å². The molecule has 0 aliphatic carbocycles. The molecule has 2 aromatic carbocycles. The van der Waals surface area contributed by atoms with Gasteiger partial charge < -0.3 is 19.1 Å². The van der Waals surface area contributed by atoms with Crippen molar-refractivity contribution >= 4 is 35.0 Å². The van der Waals surface area contributed by atoms with Gasteiger partial charge in [0.1, 0.15) is 0 Å². The molecule has 9 heteroatoms. The van der Waals surface area contributed by atoms with Gasteiger partial charge in [-0.15, -0.1) is 0 Å². The van der Waals surface area contributed by atoms with E-state index in [-0.39, 0.29) is 0 Å². The molecule has 6 rings (SSSR count). The van der Waals surface area contributed by atoms with E-state index < -0.39 is 0 Å². The molecule has 4 heterocycles. The molecular formula is C28H32N8O. The van der Waals surface area contributed by atoms with E-state index >= 15 is 0 Å². The molecule has 2 aliphatic rings. The summed E-state index contributed by atoms with van der Waals surface area (Å²) < 4.78 is 7.79. The van der Waals surface area contributed by atoms with Crippen molar-refractivity contribution in [2.75, 3.05) is 54.6 Å². The van der Waals surface area contributed by atoms with Gasteiger partial charge in [0.05, 0.1) is 19.4 Å². The summed E-state index contributed by atoms with van der Waals surface area (Å²) in [5.74, 6) is 1.85. The lowest BCUT2D eigenvalue weighted by Crippen LogP contribution is -2.38. The van der Waals surface area contributed by atoms with Gasteiger partial charge in [-0.25, -0.2) is 5.43 Å². The molecule has 0 saturated carbocycles. The molecule has 2 aliphatic heterocycles. The van der Waals surface area contributed by atoms with Gasteiger partial charge in [-0.3, -0.25) is 0 Å². The van der Waals surface area contributed by atoms with E-state index in [1.165, 1.54) is 17.5 Å². The van der Waals surface area contributed by atoms with Gasteiger partial charge in [0, 0.05) is 55.4 Å². The van der Waals surface area contributed by atoms with Crippen LogP contribution in [0.1, 0.15) is 30.4 Å². The molecule has 4 aromatic rings. The normalized spacial score (nSPS) is 16.5. The molecule has 9 nitrogen and oxygen atoms in total. The molecule has 2 saturated heterocycles. The number of rotatable bonds is 7. The maximum absolute atomic E-state index is 5.52. The lowest BCUT2D eigenvalue weighted by atomic mass is 10.1. The van der Waals surface area contributed by atoms with Gasteiger partial charge in [0.2, 0.25) is 17.8 Å². The molecule has 2 aromatic heterocycles. The third-order valence-corrected chi connectivity index (χ3v) is 6.93. The van der Waals surface area contributed by atoms with E-state index in [1.807, 2.05) is 12.3 Å². The van der Waals surface area contributed by atoms with Gasteiger partial charge in [0.15, 0.2) is 0 Å². The molecule has 0 spiro atoms. The fraction of sp³-hybridized carbons (Fsp3) is 0.357. The standard InChI is InChI=1S/C28H32N8O/c1-3-9-22(10-4-1)20-36-21-23(24-11-5-6-12-25(24)36)19-29-33-26-30-27(34-13-7-2-8-14-34)32-28(31-26)35-15-17-37-18-16-35/h1,3-6,9-12,19,21H,2,7-8,13-18,20H2,(H,30,31,32,33)/b29-19+. The molecule has 190 valence electrons. The SMILES string of the molecule is C(=N\Nc1nc(N2CCCCC2)nc(N2CCOCC2)n1)/c1cn(Cc2ccccc2)c2ccccc12. The first-order valence-electron chi connectivity index (χ1n) is 13.1. The number of nitrogens with one attached hydrogen (secondary N) is 1. The second kappa shape index (κ2) is 11.0. The van der Waals surface area contributed by atoms with E-state index in [4.69, 9.17) is 19.7 Å². The van der Waals surface area contributed by atoms with Gasteiger partial charge in [-0.1, -0.05) is 48.5 Å². The zero-order valence-electron chi connectivity index (χ0n) is 21.0. The highest BCUT2D eigenvalue weighted by Crippen LogP contribution is 2.23. The second-order valence-electron chi connectivity index (χ2n) is 9.49. The van der Waals surface area contributed by atoms with E-state index in [2.05, 4.69) is 79.6 Å². The van der Waals surface area contributed by atoms with Crippen molar-refractivity contribution in [1.29, 1.82) is 0 Å². The Bertz CT molecular complexity index is 1320. The lowest BCUT2D eigenvalue weighted by molar-refractivity contribution is 0.122. The fourth-order valence-corrected chi connectivity index (χ4v) is 4.99. The maximum Gasteiger partial charge on any atom is 0.250 e. The van der Waals surface area contributed by atoms with Crippen LogP contribution in [-0.2, 0) is 11.3 Å². The van der Waals surface area contributed by atoms with Crippen molar-refractivity contribution in [1.82, 2.24) is 19.5 Å². The molecular weight excluding hydrogens is 464 g/mol. The Morgan fingerprint density at radius 1 is 0.811 bits per heavy atom. The summed E-state index contributed by atoms with van der Waals surface area (Å²) in [5.41, 5.74) is 6.56. The highest BCUT2D eigenvalue weighted by atomic mass is 16.5. The van der Waals surface area contributed by atoms with Crippen LogP contribution in [0.25, 0.3) is 10.9 Å². The van der Waals surface area contributed by atoms with Gasteiger partial charge >= 0.3 is 0 Å². The summed E-state index contributed by atoms with van der Waals surface area (Å²) in [4.78, 5) is 18.6. The van der Waals surface area contributed by atoms with Gasteiger partial charge in [0.25, 0.3) is 0 Å².